The number of aromatic nitrogens is 2. The number of hydrogen-bond donors (Lipinski definition) is 2. The molecule has 0 saturated carbocycles. The van der Waals surface area contributed by atoms with E-state index in [4.69, 9.17) is 17.4 Å². The minimum atomic E-state index is -0.211. The number of nitrogens with two attached hydrogens (primary N) is 1. The maximum Gasteiger partial charge on any atom is 0.0897 e. The van der Waals surface area contributed by atoms with E-state index in [0.717, 1.165) is 15.7 Å². The molecule has 17 heavy (non-hydrogen) atoms. The molecule has 0 saturated heterocycles. The van der Waals surface area contributed by atoms with Crippen LogP contribution in [0.4, 0.5) is 0 Å². The average molecular weight is 314 g/mol. The minimum absolute atomic E-state index is 0.211. The zero-order valence-corrected chi connectivity index (χ0v) is 11.1. The zero-order chi connectivity index (χ0) is 12.3. The molecule has 0 fully saturated rings. The van der Waals surface area contributed by atoms with Crippen LogP contribution >= 0.6 is 27.5 Å². The first-order valence-corrected chi connectivity index (χ1v) is 6.06. The molecule has 0 aliphatic heterocycles. The molecule has 3 N–H and O–H groups in total. The largest absolute Gasteiger partial charge is 0.271 e. The second-order valence-corrected chi connectivity index (χ2v) is 4.67. The van der Waals surface area contributed by atoms with Crippen molar-refractivity contribution in [1.29, 1.82) is 0 Å². The second-order valence-electron chi connectivity index (χ2n) is 3.40. The quantitative estimate of drug-likeness (QED) is 0.675. The van der Waals surface area contributed by atoms with Gasteiger partial charge < -0.3 is 0 Å². The first kappa shape index (κ1) is 12.4. The van der Waals surface area contributed by atoms with Crippen LogP contribution in [-0.4, -0.2) is 9.97 Å². The Labute approximate surface area is 112 Å². The van der Waals surface area contributed by atoms with Gasteiger partial charge in [0.1, 0.15) is 0 Å². The number of hydrogen-bond acceptors (Lipinski definition) is 4. The van der Waals surface area contributed by atoms with Gasteiger partial charge in [0.2, 0.25) is 0 Å². The molecule has 2 rings (SSSR count). The van der Waals surface area contributed by atoms with E-state index in [1.54, 1.807) is 18.6 Å². The van der Waals surface area contributed by atoms with Crippen LogP contribution in [0.3, 0.4) is 0 Å². The summed E-state index contributed by atoms with van der Waals surface area (Å²) in [5.41, 5.74) is 4.43. The predicted molar refractivity (Wildman–Crippen MR) is 70.4 cm³/mol. The van der Waals surface area contributed by atoms with E-state index >= 15 is 0 Å². The molecule has 2 aromatic rings. The van der Waals surface area contributed by atoms with Gasteiger partial charge in [0.25, 0.3) is 0 Å². The average Bonchev–Trinajstić information content (AvgIpc) is 2.36. The molecule has 6 heteroatoms. The van der Waals surface area contributed by atoms with E-state index < -0.39 is 0 Å². The Balaban J connectivity index is 2.39. The highest BCUT2D eigenvalue weighted by Crippen LogP contribution is 2.27. The van der Waals surface area contributed by atoms with Gasteiger partial charge in [-0.15, -0.1) is 0 Å². The number of nitrogens with zero attached hydrogens (tertiary/aromatic N) is 2. The van der Waals surface area contributed by atoms with Crippen molar-refractivity contribution in [2.45, 2.75) is 6.04 Å². The highest BCUT2D eigenvalue weighted by Gasteiger charge is 2.14. The minimum Gasteiger partial charge on any atom is -0.271 e. The number of rotatable bonds is 3. The highest BCUT2D eigenvalue weighted by atomic mass is 79.9. The molecule has 0 aliphatic rings. The van der Waals surface area contributed by atoms with Crippen LogP contribution in [0.25, 0.3) is 0 Å². The van der Waals surface area contributed by atoms with Crippen molar-refractivity contribution in [3.63, 3.8) is 0 Å². The highest BCUT2D eigenvalue weighted by molar-refractivity contribution is 9.10. The molecule has 1 unspecified atom stereocenters. The summed E-state index contributed by atoms with van der Waals surface area (Å²) in [5, 5.41) is 0.656. The Morgan fingerprint density at radius 1 is 1.35 bits per heavy atom. The molecule has 1 aromatic carbocycles. The molecule has 88 valence electrons. The van der Waals surface area contributed by atoms with E-state index in [-0.39, 0.29) is 6.04 Å². The summed E-state index contributed by atoms with van der Waals surface area (Å²) in [6, 6.07) is 5.40. The molecule has 1 heterocycles. The van der Waals surface area contributed by atoms with Crippen LogP contribution in [0.15, 0.2) is 41.3 Å². The Morgan fingerprint density at radius 3 is 2.76 bits per heavy atom. The van der Waals surface area contributed by atoms with E-state index in [0.29, 0.717) is 5.02 Å². The molecule has 0 aliphatic carbocycles. The van der Waals surface area contributed by atoms with E-state index in [2.05, 4.69) is 31.3 Å². The summed E-state index contributed by atoms with van der Waals surface area (Å²) in [7, 11) is 0. The van der Waals surface area contributed by atoms with E-state index in [9.17, 15) is 0 Å². The van der Waals surface area contributed by atoms with Crippen LogP contribution in [0.1, 0.15) is 17.3 Å². The van der Waals surface area contributed by atoms with Gasteiger partial charge >= 0.3 is 0 Å². The van der Waals surface area contributed by atoms with Gasteiger partial charge in [-0.2, -0.15) is 0 Å². The Bertz CT molecular complexity index is 506. The zero-order valence-electron chi connectivity index (χ0n) is 8.77. The van der Waals surface area contributed by atoms with Crippen molar-refractivity contribution in [2.75, 3.05) is 0 Å². The fourth-order valence-corrected chi connectivity index (χ4v) is 2.02. The van der Waals surface area contributed by atoms with Gasteiger partial charge in [-0.1, -0.05) is 17.7 Å². The standard InChI is InChI=1S/C11H10BrClN4/c12-8-5-7(1-2-9(8)13)11(17-14)10-6-15-3-4-16-10/h1-6,11,17H,14H2. The van der Waals surface area contributed by atoms with Gasteiger partial charge in [0.05, 0.1) is 23.0 Å². The van der Waals surface area contributed by atoms with Crippen LogP contribution in [0.2, 0.25) is 5.02 Å². The van der Waals surface area contributed by atoms with E-state index in [1.807, 2.05) is 18.2 Å². The number of nitrogens with one attached hydrogen (secondary N) is 1. The lowest BCUT2D eigenvalue weighted by molar-refractivity contribution is 0.617. The Hall–Kier alpha value is -1.01. The molecule has 1 atom stereocenters. The summed E-state index contributed by atoms with van der Waals surface area (Å²) in [6.45, 7) is 0. The first-order valence-electron chi connectivity index (χ1n) is 4.89. The van der Waals surface area contributed by atoms with Crippen LogP contribution in [0, 0.1) is 0 Å². The Kier molecular flexibility index (Phi) is 4.06. The smallest absolute Gasteiger partial charge is 0.0897 e. The monoisotopic (exact) mass is 312 g/mol. The lowest BCUT2D eigenvalue weighted by Gasteiger charge is -2.15. The molecular formula is C11H10BrClN4. The van der Waals surface area contributed by atoms with Crippen molar-refractivity contribution < 1.29 is 0 Å². The second kappa shape index (κ2) is 5.55. The first-order chi connectivity index (χ1) is 8.22. The third-order valence-electron chi connectivity index (χ3n) is 2.32. The maximum atomic E-state index is 5.95. The summed E-state index contributed by atoms with van der Waals surface area (Å²) in [4.78, 5) is 8.25. The maximum absolute atomic E-state index is 5.95. The van der Waals surface area contributed by atoms with Crippen LogP contribution in [0.5, 0.6) is 0 Å². The predicted octanol–water partition coefficient (Wildman–Crippen LogP) is 2.45. The molecule has 0 spiro atoms. The van der Waals surface area contributed by atoms with Crippen molar-refractivity contribution in [1.82, 2.24) is 15.4 Å². The number of hydrazine groups is 1. The van der Waals surface area contributed by atoms with Crippen LogP contribution < -0.4 is 11.3 Å². The third-order valence-corrected chi connectivity index (χ3v) is 3.54. The molecule has 0 bridgehead atoms. The van der Waals surface area contributed by atoms with Crippen molar-refractivity contribution in [2.24, 2.45) is 5.84 Å². The van der Waals surface area contributed by atoms with Gasteiger partial charge in [-0.3, -0.25) is 15.8 Å². The lowest BCUT2D eigenvalue weighted by Crippen LogP contribution is -2.29. The summed E-state index contributed by atoms with van der Waals surface area (Å²) in [5.74, 6) is 5.56. The lowest BCUT2D eigenvalue weighted by atomic mass is 10.1. The summed E-state index contributed by atoms with van der Waals surface area (Å²) >= 11 is 9.33. The number of halogens is 2. The Morgan fingerprint density at radius 2 is 2.18 bits per heavy atom. The fourth-order valence-electron chi connectivity index (χ4n) is 1.50. The summed E-state index contributed by atoms with van der Waals surface area (Å²) < 4.78 is 0.820. The van der Waals surface area contributed by atoms with Gasteiger partial charge in [0.15, 0.2) is 0 Å². The van der Waals surface area contributed by atoms with Crippen molar-refractivity contribution in [3.05, 3.63) is 57.5 Å². The summed E-state index contributed by atoms with van der Waals surface area (Å²) in [6.07, 6.45) is 4.92. The molecule has 1 aromatic heterocycles. The number of benzene rings is 1. The normalized spacial score (nSPS) is 12.4. The third kappa shape index (κ3) is 2.81. The van der Waals surface area contributed by atoms with Crippen LogP contribution in [-0.2, 0) is 0 Å². The SMILES string of the molecule is NNC(c1ccc(Cl)c(Br)c1)c1cnccn1. The molecular weight excluding hydrogens is 304 g/mol. The van der Waals surface area contributed by atoms with Gasteiger partial charge in [-0.05, 0) is 33.6 Å². The molecule has 4 nitrogen and oxygen atoms in total. The van der Waals surface area contributed by atoms with Gasteiger partial charge in [-0.25, -0.2) is 5.43 Å². The van der Waals surface area contributed by atoms with Crippen molar-refractivity contribution >= 4 is 27.5 Å². The fraction of sp³-hybridized carbons (Fsp3) is 0.0909. The molecule has 0 radical (unpaired) electrons. The van der Waals surface area contributed by atoms with Crippen molar-refractivity contribution in [3.8, 4) is 0 Å². The van der Waals surface area contributed by atoms with E-state index in [1.165, 1.54) is 0 Å². The topological polar surface area (TPSA) is 63.8 Å². The van der Waals surface area contributed by atoms with Gasteiger partial charge in [0, 0.05) is 16.9 Å². The molecule has 0 amide bonds.